The van der Waals surface area contributed by atoms with E-state index in [2.05, 4.69) is 17.5 Å². The maximum Gasteiger partial charge on any atom is 0.0558 e. The highest BCUT2D eigenvalue weighted by molar-refractivity contribution is 7.80. The van der Waals surface area contributed by atoms with Gasteiger partial charge in [-0.25, -0.2) is 0 Å². The Bertz CT molecular complexity index is 235. The van der Waals surface area contributed by atoms with Crippen LogP contribution in [0.3, 0.4) is 0 Å². The van der Waals surface area contributed by atoms with Gasteiger partial charge in [0.05, 0.1) is 6.61 Å². The van der Waals surface area contributed by atoms with Crippen molar-refractivity contribution in [2.45, 2.75) is 63.8 Å². The first-order valence-electron chi connectivity index (χ1n) is 7.75. The van der Waals surface area contributed by atoms with Gasteiger partial charge in [0.25, 0.3) is 0 Å². The van der Waals surface area contributed by atoms with E-state index in [-0.39, 0.29) is 0 Å². The SMILES string of the molecule is OCCN(CC1(CS)CCCCCC1)C1CCC1. The summed E-state index contributed by atoms with van der Waals surface area (Å²) in [6.07, 6.45) is 12.3. The molecule has 0 aromatic rings. The number of thiol groups is 1. The maximum absolute atomic E-state index is 9.29. The third-order valence-corrected chi connectivity index (χ3v) is 5.69. The average Bonchev–Trinajstić information content (AvgIpc) is 2.53. The zero-order valence-corrected chi connectivity index (χ0v) is 12.5. The lowest BCUT2D eigenvalue weighted by Crippen LogP contribution is -2.48. The van der Waals surface area contributed by atoms with Crippen LogP contribution in [0.4, 0.5) is 0 Å². The van der Waals surface area contributed by atoms with Gasteiger partial charge in [0.1, 0.15) is 0 Å². The molecule has 0 aromatic heterocycles. The van der Waals surface area contributed by atoms with Crippen LogP contribution in [0.5, 0.6) is 0 Å². The number of nitrogens with zero attached hydrogens (tertiary/aromatic N) is 1. The average molecular weight is 271 g/mol. The van der Waals surface area contributed by atoms with Crippen LogP contribution in [0.2, 0.25) is 0 Å². The van der Waals surface area contributed by atoms with Crippen molar-refractivity contribution in [1.82, 2.24) is 4.90 Å². The number of aliphatic hydroxyl groups excluding tert-OH is 1. The summed E-state index contributed by atoms with van der Waals surface area (Å²) >= 11 is 4.67. The van der Waals surface area contributed by atoms with Gasteiger partial charge < -0.3 is 5.11 Å². The van der Waals surface area contributed by atoms with Crippen molar-refractivity contribution < 1.29 is 5.11 Å². The van der Waals surface area contributed by atoms with Gasteiger partial charge in [-0.15, -0.1) is 0 Å². The summed E-state index contributed by atoms with van der Waals surface area (Å²) in [6.45, 7) is 2.33. The molecule has 2 saturated carbocycles. The zero-order valence-electron chi connectivity index (χ0n) is 11.6. The fourth-order valence-electron chi connectivity index (χ4n) is 3.55. The lowest BCUT2D eigenvalue weighted by molar-refractivity contribution is 0.0546. The standard InChI is InChI=1S/C15H29NOS/c17-11-10-16(14-6-5-7-14)12-15(13-18)8-3-1-2-4-9-15/h14,17-18H,1-13H2. The molecule has 2 rings (SSSR count). The Morgan fingerprint density at radius 3 is 2.17 bits per heavy atom. The molecule has 2 fully saturated rings. The molecule has 0 aliphatic heterocycles. The second-order valence-electron chi connectivity index (χ2n) is 6.35. The minimum absolute atomic E-state index is 0.305. The molecular weight excluding hydrogens is 242 g/mol. The third-order valence-electron chi connectivity index (χ3n) is 5.02. The molecule has 0 amide bonds. The monoisotopic (exact) mass is 271 g/mol. The van der Waals surface area contributed by atoms with E-state index in [9.17, 15) is 5.11 Å². The van der Waals surface area contributed by atoms with Crippen LogP contribution >= 0.6 is 12.6 Å². The highest BCUT2D eigenvalue weighted by Crippen LogP contribution is 2.38. The molecule has 18 heavy (non-hydrogen) atoms. The van der Waals surface area contributed by atoms with Crippen molar-refractivity contribution in [1.29, 1.82) is 0 Å². The minimum atomic E-state index is 0.305. The van der Waals surface area contributed by atoms with Crippen LogP contribution < -0.4 is 0 Å². The van der Waals surface area contributed by atoms with E-state index in [1.165, 1.54) is 64.3 Å². The highest BCUT2D eigenvalue weighted by atomic mass is 32.1. The first-order chi connectivity index (χ1) is 8.79. The van der Waals surface area contributed by atoms with Crippen LogP contribution in [-0.4, -0.2) is 41.5 Å². The zero-order chi connectivity index (χ0) is 12.8. The summed E-state index contributed by atoms with van der Waals surface area (Å²) in [5.74, 6) is 1.02. The molecule has 0 spiro atoms. The Morgan fingerprint density at radius 1 is 1.06 bits per heavy atom. The fourth-order valence-corrected chi connectivity index (χ4v) is 3.96. The molecule has 0 radical (unpaired) electrons. The van der Waals surface area contributed by atoms with Crippen LogP contribution in [0.1, 0.15) is 57.8 Å². The van der Waals surface area contributed by atoms with Crippen molar-refractivity contribution in [3.8, 4) is 0 Å². The summed E-state index contributed by atoms with van der Waals surface area (Å²) in [5, 5.41) is 9.29. The Kier molecular flexibility index (Phi) is 5.84. The normalized spacial score (nSPS) is 24.8. The first kappa shape index (κ1) is 14.7. The van der Waals surface area contributed by atoms with Gasteiger partial charge in [-0.2, -0.15) is 12.6 Å². The second-order valence-corrected chi connectivity index (χ2v) is 6.67. The van der Waals surface area contributed by atoms with Crippen molar-refractivity contribution in [3.63, 3.8) is 0 Å². The quantitative estimate of drug-likeness (QED) is 0.573. The lowest BCUT2D eigenvalue weighted by Gasteiger charge is -2.43. The van der Waals surface area contributed by atoms with Crippen molar-refractivity contribution in [2.75, 3.05) is 25.4 Å². The lowest BCUT2D eigenvalue weighted by atomic mass is 9.80. The Labute approximate surface area is 118 Å². The molecule has 0 bridgehead atoms. The van der Waals surface area contributed by atoms with Crippen molar-refractivity contribution in [3.05, 3.63) is 0 Å². The van der Waals surface area contributed by atoms with Crippen LogP contribution in [-0.2, 0) is 0 Å². The summed E-state index contributed by atoms with van der Waals surface area (Å²) in [5.41, 5.74) is 0.421. The van der Waals surface area contributed by atoms with Crippen molar-refractivity contribution >= 4 is 12.6 Å². The predicted molar refractivity (Wildman–Crippen MR) is 80.3 cm³/mol. The number of hydrogen-bond acceptors (Lipinski definition) is 3. The van der Waals surface area contributed by atoms with Crippen LogP contribution in [0.15, 0.2) is 0 Å². The molecule has 1 N–H and O–H groups in total. The van der Waals surface area contributed by atoms with Gasteiger partial charge in [0, 0.05) is 19.1 Å². The largest absolute Gasteiger partial charge is 0.395 e. The van der Waals surface area contributed by atoms with Crippen LogP contribution in [0.25, 0.3) is 0 Å². The summed E-state index contributed by atoms with van der Waals surface area (Å²) in [6, 6.07) is 0.747. The summed E-state index contributed by atoms with van der Waals surface area (Å²) in [7, 11) is 0. The Morgan fingerprint density at radius 2 is 1.72 bits per heavy atom. The van der Waals surface area contributed by atoms with Crippen LogP contribution in [0, 0.1) is 5.41 Å². The molecule has 0 aromatic carbocycles. The molecule has 0 unspecified atom stereocenters. The van der Waals surface area contributed by atoms with E-state index in [4.69, 9.17) is 0 Å². The molecule has 2 aliphatic carbocycles. The predicted octanol–water partition coefficient (Wildman–Crippen LogP) is 3.10. The van der Waals surface area contributed by atoms with E-state index < -0.39 is 0 Å². The number of hydrogen-bond donors (Lipinski definition) is 2. The molecule has 106 valence electrons. The van der Waals surface area contributed by atoms with E-state index >= 15 is 0 Å². The molecule has 2 nitrogen and oxygen atoms in total. The third kappa shape index (κ3) is 3.64. The topological polar surface area (TPSA) is 23.5 Å². The van der Waals surface area contributed by atoms with Gasteiger partial charge in [-0.3, -0.25) is 4.90 Å². The first-order valence-corrected chi connectivity index (χ1v) is 8.39. The molecule has 0 heterocycles. The van der Waals surface area contributed by atoms with Gasteiger partial charge in [0.15, 0.2) is 0 Å². The Hall–Kier alpha value is 0.270. The minimum Gasteiger partial charge on any atom is -0.395 e. The van der Waals surface area contributed by atoms with E-state index in [1.807, 2.05) is 0 Å². The summed E-state index contributed by atoms with van der Waals surface area (Å²) in [4.78, 5) is 2.56. The van der Waals surface area contributed by atoms with Gasteiger partial charge >= 0.3 is 0 Å². The van der Waals surface area contributed by atoms with Gasteiger partial charge in [-0.1, -0.05) is 32.1 Å². The maximum atomic E-state index is 9.29. The molecule has 0 saturated heterocycles. The molecular formula is C15H29NOS. The smallest absolute Gasteiger partial charge is 0.0558 e. The van der Waals surface area contributed by atoms with E-state index in [1.54, 1.807) is 0 Å². The van der Waals surface area contributed by atoms with Gasteiger partial charge in [0.2, 0.25) is 0 Å². The molecule has 2 aliphatic rings. The van der Waals surface area contributed by atoms with Gasteiger partial charge in [-0.05, 0) is 36.9 Å². The highest BCUT2D eigenvalue weighted by Gasteiger charge is 2.35. The second kappa shape index (κ2) is 7.16. The number of aliphatic hydroxyl groups is 1. The molecule has 0 atom stereocenters. The Balaban J connectivity index is 1.96. The number of rotatable bonds is 6. The molecule has 3 heteroatoms. The van der Waals surface area contributed by atoms with Crippen molar-refractivity contribution in [2.24, 2.45) is 5.41 Å². The fraction of sp³-hybridized carbons (Fsp3) is 1.00. The van der Waals surface area contributed by atoms with E-state index in [0.29, 0.717) is 12.0 Å². The summed E-state index contributed by atoms with van der Waals surface area (Å²) < 4.78 is 0. The van der Waals surface area contributed by atoms with E-state index in [0.717, 1.165) is 18.3 Å².